The van der Waals surface area contributed by atoms with Crippen LogP contribution in [-0.2, 0) is 9.59 Å². The summed E-state index contributed by atoms with van der Waals surface area (Å²) >= 11 is 3.42. The van der Waals surface area contributed by atoms with E-state index in [0.717, 1.165) is 17.3 Å². The fourth-order valence-electron chi connectivity index (χ4n) is 4.46. The number of piperidine rings is 1. The Bertz CT molecular complexity index is 690. The van der Waals surface area contributed by atoms with Gasteiger partial charge in [-0.3, -0.25) is 19.3 Å². The summed E-state index contributed by atoms with van der Waals surface area (Å²) in [7, 11) is 0. The number of halogens is 1. The summed E-state index contributed by atoms with van der Waals surface area (Å²) in [5.74, 6) is -0.0337. The number of nitrogens with zero attached hydrogens (tertiary/aromatic N) is 2. The first-order chi connectivity index (χ1) is 11.5. The predicted molar refractivity (Wildman–Crippen MR) is 91.2 cm³/mol. The molecule has 126 valence electrons. The Morgan fingerprint density at radius 2 is 1.62 bits per heavy atom. The second-order valence-electron chi connectivity index (χ2n) is 6.89. The van der Waals surface area contributed by atoms with E-state index in [1.54, 1.807) is 0 Å². The molecule has 2 bridgehead atoms. The number of carbonyl (C=O) groups is 3. The maximum absolute atomic E-state index is 12.9. The van der Waals surface area contributed by atoms with Gasteiger partial charge in [-0.15, -0.1) is 0 Å². The Hall–Kier alpha value is -1.69. The van der Waals surface area contributed by atoms with Gasteiger partial charge in [0, 0.05) is 41.0 Å². The van der Waals surface area contributed by atoms with Gasteiger partial charge >= 0.3 is 0 Å². The number of likely N-dealkylation sites (tertiary alicyclic amines) is 1. The molecule has 1 aromatic rings. The molecule has 1 aromatic carbocycles. The van der Waals surface area contributed by atoms with Crippen molar-refractivity contribution < 1.29 is 14.4 Å². The number of benzene rings is 1. The number of hydrogen-bond donors (Lipinski definition) is 0. The monoisotopic (exact) mass is 390 g/mol. The van der Waals surface area contributed by atoms with Crippen LogP contribution in [0.1, 0.15) is 48.9 Å². The topological polar surface area (TPSA) is 57.7 Å². The average Bonchev–Trinajstić information content (AvgIpc) is 3.03. The van der Waals surface area contributed by atoms with Crippen LogP contribution in [0.3, 0.4) is 0 Å². The second-order valence-corrected chi connectivity index (χ2v) is 7.81. The molecule has 6 heteroatoms. The molecular formula is C18H19BrN2O3. The van der Waals surface area contributed by atoms with Crippen molar-refractivity contribution in [1.29, 1.82) is 0 Å². The third-order valence-corrected chi connectivity index (χ3v) is 5.96. The van der Waals surface area contributed by atoms with Crippen molar-refractivity contribution in [3.8, 4) is 0 Å². The molecule has 0 N–H and O–H groups in total. The van der Waals surface area contributed by atoms with E-state index < -0.39 is 0 Å². The normalized spacial score (nSPS) is 29.5. The molecule has 3 heterocycles. The smallest absolute Gasteiger partial charge is 0.254 e. The van der Waals surface area contributed by atoms with Crippen LogP contribution < -0.4 is 0 Å². The molecule has 0 aliphatic carbocycles. The SMILES string of the molecule is O=C1CCC(=O)N1C1CC2CCC(C1)N2C(=O)c1cccc(Br)c1. The highest BCUT2D eigenvalue weighted by atomic mass is 79.9. The van der Waals surface area contributed by atoms with Crippen LogP contribution in [0, 0.1) is 0 Å². The van der Waals surface area contributed by atoms with Crippen molar-refractivity contribution in [2.24, 2.45) is 0 Å². The van der Waals surface area contributed by atoms with Crippen LogP contribution in [-0.4, -0.2) is 45.6 Å². The number of rotatable bonds is 2. The second kappa shape index (κ2) is 5.99. The summed E-state index contributed by atoms with van der Waals surface area (Å²) in [6, 6.07) is 7.68. The van der Waals surface area contributed by atoms with Crippen LogP contribution in [0.5, 0.6) is 0 Å². The standard InChI is InChI=1S/C18H19BrN2O3/c19-12-3-1-2-11(8-12)18(24)20-13-4-5-14(20)10-15(9-13)21-16(22)6-7-17(21)23/h1-3,8,13-15H,4-7,9-10H2. The molecule has 4 rings (SSSR count). The lowest BCUT2D eigenvalue weighted by Crippen LogP contribution is -2.53. The molecule has 0 saturated carbocycles. The third-order valence-electron chi connectivity index (χ3n) is 5.47. The molecule has 0 aromatic heterocycles. The summed E-state index contributed by atoms with van der Waals surface area (Å²) in [5, 5.41) is 0. The molecule has 24 heavy (non-hydrogen) atoms. The van der Waals surface area contributed by atoms with Gasteiger partial charge in [0.05, 0.1) is 0 Å². The third kappa shape index (κ3) is 2.57. The average molecular weight is 391 g/mol. The first-order valence-electron chi connectivity index (χ1n) is 8.47. The van der Waals surface area contributed by atoms with Gasteiger partial charge in [-0.25, -0.2) is 0 Å². The van der Waals surface area contributed by atoms with E-state index in [-0.39, 0.29) is 35.8 Å². The highest BCUT2D eigenvalue weighted by Gasteiger charge is 2.47. The van der Waals surface area contributed by atoms with Crippen molar-refractivity contribution in [2.45, 2.75) is 56.7 Å². The van der Waals surface area contributed by atoms with Gasteiger partial charge in [0.1, 0.15) is 0 Å². The predicted octanol–water partition coefficient (Wildman–Crippen LogP) is 2.73. The van der Waals surface area contributed by atoms with Crippen molar-refractivity contribution in [3.63, 3.8) is 0 Å². The van der Waals surface area contributed by atoms with Gasteiger partial charge < -0.3 is 4.90 Å². The van der Waals surface area contributed by atoms with Crippen LogP contribution in [0.15, 0.2) is 28.7 Å². The van der Waals surface area contributed by atoms with Crippen LogP contribution in [0.2, 0.25) is 0 Å². The minimum absolute atomic E-state index is 0.0310. The number of amides is 3. The fraction of sp³-hybridized carbons (Fsp3) is 0.500. The molecule has 3 saturated heterocycles. The maximum atomic E-state index is 12.9. The summed E-state index contributed by atoms with van der Waals surface area (Å²) in [4.78, 5) is 40.4. The largest absolute Gasteiger partial charge is 0.333 e. The molecule has 0 spiro atoms. The zero-order valence-corrected chi connectivity index (χ0v) is 14.9. The Morgan fingerprint density at radius 3 is 2.21 bits per heavy atom. The number of imide groups is 1. The van der Waals surface area contributed by atoms with Gasteiger partial charge in [-0.1, -0.05) is 22.0 Å². The number of carbonyl (C=O) groups excluding carboxylic acids is 3. The Balaban J connectivity index is 1.54. The van der Waals surface area contributed by atoms with Gasteiger partial charge in [0.25, 0.3) is 5.91 Å². The molecule has 3 aliphatic rings. The number of hydrogen-bond acceptors (Lipinski definition) is 3. The molecular weight excluding hydrogens is 372 g/mol. The Kier molecular flexibility index (Phi) is 3.95. The van der Waals surface area contributed by atoms with E-state index in [0.29, 0.717) is 31.2 Å². The highest BCUT2D eigenvalue weighted by molar-refractivity contribution is 9.10. The minimum atomic E-state index is -0.0452. The molecule has 3 fully saturated rings. The summed E-state index contributed by atoms with van der Waals surface area (Å²) in [6.07, 6.45) is 4.02. The van der Waals surface area contributed by atoms with Crippen LogP contribution >= 0.6 is 15.9 Å². The van der Waals surface area contributed by atoms with E-state index >= 15 is 0 Å². The Labute approximate surface area is 149 Å². The quantitative estimate of drug-likeness (QED) is 0.729. The minimum Gasteiger partial charge on any atom is -0.333 e. The lowest BCUT2D eigenvalue weighted by molar-refractivity contribution is -0.142. The summed E-state index contributed by atoms with van der Waals surface area (Å²) < 4.78 is 0.892. The summed E-state index contributed by atoms with van der Waals surface area (Å²) in [5.41, 5.74) is 0.688. The molecule has 2 unspecified atom stereocenters. The maximum Gasteiger partial charge on any atom is 0.254 e. The van der Waals surface area contributed by atoms with E-state index in [2.05, 4.69) is 15.9 Å². The van der Waals surface area contributed by atoms with Gasteiger partial charge in [0.2, 0.25) is 11.8 Å². The lowest BCUT2D eigenvalue weighted by atomic mass is 9.95. The zero-order chi connectivity index (χ0) is 16.8. The van der Waals surface area contributed by atoms with Crippen molar-refractivity contribution in [3.05, 3.63) is 34.3 Å². The lowest BCUT2D eigenvalue weighted by Gasteiger charge is -2.41. The zero-order valence-electron chi connectivity index (χ0n) is 13.3. The van der Waals surface area contributed by atoms with Crippen LogP contribution in [0.4, 0.5) is 0 Å². The van der Waals surface area contributed by atoms with Crippen molar-refractivity contribution in [2.75, 3.05) is 0 Å². The Morgan fingerprint density at radius 1 is 1.00 bits per heavy atom. The van der Waals surface area contributed by atoms with E-state index in [9.17, 15) is 14.4 Å². The molecule has 0 radical (unpaired) electrons. The highest BCUT2D eigenvalue weighted by Crippen LogP contribution is 2.39. The van der Waals surface area contributed by atoms with E-state index in [1.807, 2.05) is 29.2 Å². The fourth-order valence-corrected chi connectivity index (χ4v) is 4.86. The molecule has 3 amide bonds. The van der Waals surface area contributed by atoms with E-state index in [1.165, 1.54) is 4.90 Å². The molecule has 2 atom stereocenters. The van der Waals surface area contributed by atoms with Crippen molar-refractivity contribution >= 4 is 33.7 Å². The first-order valence-corrected chi connectivity index (χ1v) is 9.27. The van der Waals surface area contributed by atoms with E-state index in [4.69, 9.17) is 0 Å². The van der Waals surface area contributed by atoms with Gasteiger partial charge in [-0.05, 0) is 43.9 Å². The van der Waals surface area contributed by atoms with Crippen LogP contribution in [0.25, 0.3) is 0 Å². The number of fused-ring (bicyclic) bond motifs is 2. The molecule has 3 aliphatic heterocycles. The summed E-state index contributed by atoms with van der Waals surface area (Å²) in [6.45, 7) is 0. The van der Waals surface area contributed by atoms with Crippen molar-refractivity contribution in [1.82, 2.24) is 9.80 Å². The van der Waals surface area contributed by atoms with Gasteiger partial charge in [0.15, 0.2) is 0 Å². The van der Waals surface area contributed by atoms with Gasteiger partial charge in [-0.2, -0.15) is 0 Å². The molecule has 5 nitrogen and oxygen atoms in total. The first kappa shape index (κ1) is 15.8.